The molecule has 0 aliphatic carbocycles. The monoisotopic (exact) mass is 485 g/mol. The maximum Gasteiger partial charge on any atom is 0.384 e. The van der Waals surface area contributed by atoms with E-state index in [9.17, 15) is 14.4 Å². The van der Waals surface area contributed by atoms with E-state index in [0.29, 0.717) is 25.2 Å². The third kappa shape index (κ3) is 9.94. The highest BCUT2D eigenvalue weighted by molar-refractivity contribution is 6.39. The summed E-state index contributed by atoms with van der Waals surface area (Å²) in [7, 11) is 2.55. The van der Waals surface area contributed by atoms with Crippen LogP contribution in [0, 0.1) is 17.2 Å². The number of methoxy groups -OCH3 is 1. The van der Waals surface area contributed by atoms with Crippen LogP contribution < -0.4 is 10.1 Å². The van der Waals surface area contributed by atoms with E-state index >= 15 is 0 Å². The number of carbonyl (C=O) groups excluding carboxylic acids is 3. The number of amides is 1. The van der Waals surface area contributed by atoms with Gasteiger partial charge in [0.2, 0.25) is 5.91 Å². The van der Waals surface area contributed by atoms with Gasteiger partial charge in [-0.2, -0.15) is 0 Å². The second kappa shape index (κ2) is 15.0. The number of ether oxygens (including phenoxy) is 3. The fraction of sp³-hybridized carbons (Fsp3) is 0.520. The number of ketones is 1. The number of esters is 1. The summed E-state index contributed by atoms with van der Waals surface area (Å²) in [5, 5.41) is 9.99. The first-order chi connectivity index (χ1) is 16.8. The molecule has 1 radical (unpaired) electrons. The van der Waals surface area contributed by atoms with Gasteiger partial charge in [0.25, 0.3) is 0 Å². The van der Waals surface area contributed by atoms with Gasteiger partial charge in [-0.3, -0.25) is 19.8 Å². The molecule has 2 bridgehead atoms. The fourth-order valence-electron chi connectivity index (χ4n) is 3.65. The third-order valence-electron chi connectivity index (χ3n) is 5.47. The van der Waals surface area contributed by atoms with Crippen molar-refractivity contribution in [3.05, 3.63) is 42.0 Å². The zero-order chi connectivity index (χ0) is 25.6. The molecule has 2 N–H and O–H groups in total. The zero-order valence-corrected chi connectivity index (χ0v) is 20.5. The number of fused-ring (bicyclic) bond motifs is 15. The lowest BCUT2D eigenvalue weighted by Crippen LogP contribution is -2.45. The van der Waals surface area contributed by atoms with Crippen molar-refractivity contribution >= 4 is 31.5 Å². The van der Waals surface area contributed by atoms with Crippen LogP contribution in [0.1, 0.15) is 32.3 Å². The van der Waals surface area contributed by atoms with Gasteiger partial charge in [-0.15, -0.1) is 0 Å². The molecular weight excluding hydrogens is 451 g/mol. The summed E-state index contributed by atoms with van der Waals surface area (Å²) in [5.41, 5.74) is 0.863. The van der Waals surface area contributed by atoms with Gasteiger partial charge >= 0.3 is 13.5 Å². The van der Waals surface area contributed by atoms with Crippen LogP contribution >= 0.6 is 0 Å². The summed E-state index contributed by atoms with van der Waals surface area (Å²) in [6.45, 7) is 4.50. The Kier molecular flexibility index (Phi) is 12.0. The lowest BCUT2D eigenvalue weighted by Gasteiger charge is -2.24. The van der Waals surface area contributed by atoms with E-state index in [4.69, 9.17) is 24.3 Å². The van der Waals surface area contributed by atoms with E-state index in [-0.39, 0.29) is 31.3 Å². The van der Waals surface area contributed by atoms with Crippen molar-refractivity contribution in [3.63, 3.8) is 0 Å². The smallest absolute Gasteiger partial charge is 0.384 e. The number of hydrogen-bond donors (Lipinski definition) is 2. The molecule has 35 heavy (non-hydrogen) atoms. The molecule has 0 saturated heterocycles. The maximum atomic E-state index is 13.2. The van der Waals surface area contributed by atoms with Gasteiger partial charge in [-0.1, -0.05) is 32.1 Å². The van der Waals surface area contributed by atoms with Gasteiger partial charge in [0.1, 0.15) is 18.8 Å². The average Bonchev–Trinajstić information content (AvgIpc) is 2.84. The Bertz CT molecular complexity index is 873. The summed E-state index contributed by atoms with van der Waals surface area (Å²) >= 11 is 0. The molecule has 1 amide bonds. The van der Waals surface area contributed by atoms with Crippen LogP contribution in [0.15, 0.2) is 36.4 Å². The van der Waals surface area contributed by atoms with Crippen LogP contribution in [0.2, 0.25) is 5.82 Å². The first kappa shape index (κ1) is 28.1. The molecule has 10 heteroatoms. The number of carbonyl (C=O) groups is 3. The van der Waals surface area contributed by atoms with Gasteiger partial charge < -0.3 is 24.2 Å². The van der Waals surface area contributed by atoms with Crippen LogP contribution in [-0.4, -0.2) is 64.5 Å². The lowest BCUT2D eigenvalue weighted by atomic mass is 9.75. The molecule has 0 saturated carbocycles. The Morgan fingerprint density at radius 1 is 1.20 bits per heavy atom. The average molecular weight is 485 g/mol. The summed E-state index contributed by atoms with van der Waals surface area (Å²) in [4.78, 5) is 38.6. The molecule has 1 aromatic carbocycles. The first-order valence-corrected chi connectivity index (χ1v) is 11.7. The van der Waals surface area contributed by atoms with E-state index in [2.05, 4.69) is 5.32 Å². The van der Waals surface area contributed by atoms with Crippen LogP contribution in [0.4, 0.5) is 0 Å². The Morgan fingerprint density at radius 2 is 1.91 bits per heavy atom. The van der Waals surface area contributed by atoms with E-state index in [1.54, 1.807) is 12.2 Å². The van der Waals surface area contributed by atoms with Crippen molar-refractivity contribution in [1.82, 2.24) is 5.32 Å². The number of benzene rings is 1. The van der Waals surface area contributed by atoms with Gasteiger partial charge in [0, 0.05) is 6.42 Å². The Hall–Kier alpha value is -3.14. The third-order valence-corrected chi connectivity index (χ3v) is 5.47. The second-order valence-electron chi connectivity index (χ2n) is 8.75. The second-order valence-corrected chi connectivity index (χ2v) is 8.75. The highest BCUT2D eigenvalue weighted by Crippen LogP contribution is 2.20. The van der Waals surface area contributed by atoms with E-state index in [1.165, 1.54) is 14.6 Å². The predicted octanol–water partition coefficient (Wildman–Crippen LogP) is 2.50. The normalized spacial score (nSPS) is 22.2. The molecule has 3 rings (SSSR count). The topological polar surface area (TPSA) is 124 Å². The van der Waals surface area contributed by atoms with E-state index in [0.717, 1.165) is 12.0 Å². The molecule has 1 aromatic rings. The summed E-state index contributed by atoms with van der Waals surface area (Å²) in [6, 6.07) is 6.54. The van der Waals surface area contributed by atoms with Gasteiger partial charge in [0.05, 0.1) is 38.1 Å². The van der Waals surface area contributed by atoms with Crippen LogP contribution in [0.25, 0.3) is 0 Å². The Labute approximate surface area is 207 Å². The Balaban J connectivity index is 2.31. The molecule has 0 unspecified atom stereocenters. The minimum atomic E-state index is -0.789. The lowest BCUT2D eigenvalue weighted by molar-refractivity contribution is -0.149. The van der Waals surface area contributed by atoms with Crippen molar-refractivity contribution in [1.29, 1.82) is 5.41 Å². The maximum absolute atomic E-state index is 13.2. The highest BCUT2D eigenvalue weighted by Gasteiger charge is 2.31. The number of hydrogen-bond acceptors (Lipinski definition) is 8. The molecule has 9 nitrogen and oxygen atoms in total. The van der Waals surface area contributed by atoms with Crippen molar-refractivity contribution < 1.29 is 33.2 Å². The minimum absolute atomic E-state index is 0.0106. The van der Waals surface area contributed by atoms with Crippen molar-refractivity contribution in [2.24, 2.45) is 11.8 Å². The van der Waals surface area contributed by atoms with Crippen molar-refractivity contribution in [3.8, 4) is 5.75 Å². The standard InChI is InChI=1S/C25H34BN2O7/c1-17(2)12-22-23(29)14-19(25(31)32-3)15-33-10-4-5-11-34-20-8-6-18(7-9-20)13-21(24(30)28-22)26-35-16-27/h4-9,16-17,19,21-22,27H,10-15H2,1-3H3,(H,28,30)/t19-,21-,22-/m0/s1. The van der Waals surface area contributed by atoms with Gasteiger partial charge in [-0.05, 0) is 42.5 Å². The fourth-order valence-corrected chi connectivity index (χ4v) is 3.65. The van der Waals surface area contributed by atoms with Gasteiger partial charge in [0.15, 0.2) is 5.78 Å². The molecule has 0 fully saturated rings. The summed E-state index contributed by atoms with van der Waals surface area (Å²) < 4.78 is 21.1. The number of Topliss-reactive ketones (excluding diaryl/α,β-unsaturated/α-hetero) is 1. The largest absolute Gasteiger partial charge is 0.555 e. The molecule has 0 spiro atoms. The van der Waals surface area contributed by atoms with E-state index in [1.807, 2.05) is 38.1 Å². The van der Waals surface area contributed by atoms with Crippen LogP contribution in [0.3, 0.4) is 0 Å². The van der Waals surface area contributed by atoms with Crippen LogP contribution in [-0.2, 0) is 34.9 Å². The van der Waals surface area contributed by atoms with Crippen molar-refractivity contribution in [2.75, 3.05) is 26.9 Å². The van der Waals surface area contributed by atoms with Gasteiger partial charge in [-0.25, -0.2) is 0 Å². The highest BCUT2D eigenvalue weighted by atomic mass is 16.5. The predicted molar refractivity (Wildman–Crippen MR) is 131 cm³/mol. The number of nitrogens with one attached hydrogen (secondary N) is 2. The molecule has 189 valence electrons. The van der Waals surface area contributed by atoms with E-state index < -0.39 is 29.7 Å². The molecule has 0 aromatic heterocycles. The van der Waals surface area contributed by atoms with Crippen molar-refractivity contribution in [2.45, 2.75) is 45.0 Å². The quantitative estimate of drug-likeness (QED) is 0.209. The number of rotatable bonds is 6. The molecule has 2 heterocycles. The SMILES string of the molecule is COC(=O)[C@@H]1COCC=CCOc2ccc(cc2)C[C@H]([B]OC=N)C(=O)N[C@@H](CC(C)C)C(=O)C1. The van der Waals surface area contributed by atoms with Crippen LogP contribution in [0.5, 0.6) is 5.75 Å². The molecule has 2 aliphatic heterocycles. The summed E-state index contributed by atoms with van der Waals surface area (Å²) in [6.07, 6.45) is 4.92. The minimum Gasteiger partial charge on any atom is -0.555 e. The molecular formula is C25H34BN2O7. The molecule has 3 atom stereocenters. The first-order valence-electron chi connectivity index (χ1n) is 11.7. The Morgan fingerprint density at radius 3 is 2.57 bits per heavy atom. The summed E-state index contributed by atoms with van der Waals surface area (Å²) in [5.74, 6) is -1.95. The molecule has 2 aliphatic rings. The zero-order valence-electron chi connectivity index (χ0n) is 20.5.